The van der Waals surface area contributed by atoms with E-state index in [9.17, 15) is 8.42 Å². The van der Waals surface area contributed by atoms with Crippen LogP contribution in [0, 0.1) is 0 Å². The predicted molar refractivity (Wildman–Crippen MR) is 126 cm³/mol. The van der Waals surface area contributed by atoms with Crippen LogP contribution in [0.5, 0.6) is 11.5 Å². The molecule has 0 radical (unpaired) electrons. The molecule has 0 saturated heterocycles. The molecule has 0 saturated carbocycles. The van der Waals surface area contributed by atoms with Crippen LogP contribution >= 0.6 is 11.6 Å². The van der Waals surface area contributed by atoms with E-state index in [1.807, 2.05) is 31.2 Å². The summed E-state index contributed by atoms with van der Waals surface area (Å²) in [7, 11) is -2.33. The Morgan fingerprint density at radius 2 is 1.66 bits per heavy atom. The van der Waals surface area contributed by atoms with Gasteiger partial charge in [0.15, 0.2) is 0 Å². The highest BCUT2D eigenvalue weighted by molar-refractivity contribution is 7.91. The number of sulfone groups is 1. The summed E-state index contributed by atoms with van der Waals surface area (Å²) >= 11 is 5.95. The molecule has 0 unspecified atom stereocenters. The quantitative estimate of drug-likeness (QED) is 0.365. The topological polar surface area (TPSA) is 77.5 Å². The number of nitrogens with zero attached hydrogens (tertiary/aromatic N) is 1. The van der Waals surface area contributed by atoms with Crippen molar-refractivity contribution in [1.29, 1.82) is 0 Å². The fourth-order valence-corrected chi connectivity index (χ4v) is 4.79. The van der Waals surface area contributed by atoms with E-state index < -0.39 is 9.84 Å². The first-order valence-electron chi connectivity index (χ1n) is 9.89. The maximum atomic E-state index is 13.5. The zero-order valence-corrected chi connectivity index (χ0v) is 19.1. The van der Waals surface area contributed by atoms with E-state index >= 15 is 0 Å². The summed E-state index contributed by atoms with van der Waals surface area (Å²) in [6.07, 6.45) is 1.37. The van der Waals surface area contributed by atoms with Crippen molar-refractivity contribution >= 4 is 43.7 Å². The van der Waals surface area contributed by atoms with Gasteiger partial charge in [0.2, 0.25) is 9.84 Å². The molecule has 0 aliphatic carbocycles. The molecule has 0 aliphatic rings. The van der Waals surface area contributed by atoms with E-state index in [-0.39, 0.29) is 9.79 Å². The molecule has 1 aromatic heterocycles. The van der Waals surface area contributed by atoms with Crippen LogP contribution < -0.4 is 14.8 Å². The number of ether oxygens (including phenoxy) is 2. The Balaban J connectivity index is 1.89. The number of rotatable bonds is 7. The highest BCUT2D eigenvalue weighted by Gasteiger charge is 2.24. The summed E-state index contributed by atoms with van der Waals surface area (Å²) in [6.45, 7) is 2.47. The highest BCUT2D eigenvalue weighted by atomic mass is 35.5. The Morgan fingerprint density at radius 1 is 0.969 bits per heavy atom. The molecule has 1 N–H and O–H groups in total. The van der Waals surface area contributed by atoms with Crippen molar-refractivity contribution in [2.24, 2.45) is 0 Å². The highest BCUT2D eigenvalue weighted by Crippen LogP contribution is 2.37. The van der Waals surface area contributed by atoms with Crippen LogP contribution in [0.3, 0.4) is 0 Å². The molecule has 4 aromatic rings. The Labute approximate surface area is 191 Å². The molecular weight excluding hydrogens is 448 g/mol. The van der Waals surface area contributed by atoms with Gasteiger partial charge < -0.3 is 14.8 Å². The van der Waals surface area contributed by atoms with Crippen LogP contribution in [0.15, 0.2) is 82.7 Å². The molecule has 32 heavy (non-hydrogen) atoms. The van der Waals surface area contributed by atoms with Crippen molar-refractivity contribution in [3.63, 3.8) is 0 Å². The summed E-state index contributed by atoms with van der Waals surface area (Å²) in [5.74, 6) is 1.32. The second-order valence-corrected chi connectivity index (χ2v) is 9.27. The van der Waals surface area contributed by atoms with Crippen molar-refractivity contribution in [1.82, 2.24) is 4.98 Å². The van der Waals surface area contributed by atoms with Gasteiger partial charge >= 0.3 is 0 Å². The summed E-state index contributed by atoms with van der Waals surface area (Å²) in [6, 6.07) is 18.7. The zero-order chi connectivity index (χ0) is 22.7. The van der Waals surface area contributed by atoms with Crippen LogP contribution in [0.2, 0.25) is 5.02 Å². The molecule has 0 aliphatic heterocycles. The molecule has 0 atom stereocenters. The normalized spacial score (nSPS) is 11.3. The Hall–Kier alpha value is -3.29. The maximum Gasteiger partial charge on any atom is 0.210 e. The van der Waals surface area contributed by atoms with Crippen LogP contribution in [-0.4, -0.2) is 27.1 Å². The van der Waals surface area contributed by atoms with Crippen LogP contribution in [0.1, 0.15) is 6.92 Å². The van der Waals surface area contributed by atoms with E-state index in [0.29, 0.717) is 39.7 Å². The predicted octanol–water partition coefficient (Wildman–Crippen LogP) is 5.87. The number of fused-ring (bicyclic) bond motifs is 1. The lowest BCUT2D eigenvalue weighted by Gasteiger charge is -2.16. The van der Waals surface area contributed by atoms with Crippen molar-refractivity contribution < 1.29 is 17.9 Å². The van der Waals surface area contributed by atoms with Crippen molar-refractivity contribution in [3.8, 4) is 11.5 Å². The van der Waals surface area contributed by atoms with E-state index in [1.54, 1.807) is 37.4 Å². The summed E-state index contributed by atoms with van der Waals surface area (Å²) in [5, 5.41) is 4.34. The van der Waals surface area contributed by atoms with Gasteiger partial charge in [-0.05, 0) is 73.7 Å². The molecule has 164 valence electrons. The van der Waals surface area contributed by atoms with E-state index in [0.717, 1.165) is 5.75 Å². The number of anilines is 2. The molecule has 3 aromatic carbocycles. The summed E-state index contributed by atoms with van der Waals surface area (Å²) in [5.41, 5.74) is 1.75. The van der Waals surface area contributed by atoms with Gasteiger partial charge in [-0.1, -0.05) is 11.6 Å². The minimum absolute atomic E-state index is 0.0504. The number of hydrogen-bond acceptors (Lipinski definition) is 6. The lowest BCUT2D eigenvalue weighted by molar-refractivity contribution is 0.340. The summed E-state index contributed by atoms with van der Waals surface area (Å²) < 4.78 is 37.9. The molecule has 0 bridgehead atoms. The number of benzene rings is 3. The van der Waals surface area contributed by atoms with Gasteiger partial charge in [0.05, 0.1) is 29.8 Å². The molecule has 8 heteroatoms. The van der Waals surface area contributed by atoms with Crippen molar-refractivity contribution in [2.75, 3.05) is 19.0 Å². The molecule has 6 nitrogen and oxygen atoms in total. The van der Waals surface area contributed by atoms with Crippen LogP contribution in [0.4, 0.5) is 11.4 Å². The van der Waals surface area contributed by atoms with E-state index in [2.05, 4.69) is 10.3 Å². The third-order valence-corrected chi connectivity index (χ3v) is 6.92. The first-order valence-corrected chi connectivity index (χ1v) is 11.8. The largest absolute Gasteiger partial charge is 0.497 e. The lowest BCUT2D eigenvalue weighted by atomic mass is 10.1. The molecule has 4 rings (SSSR count). The monoisotopic (exact) mass is 468 g/mol. The molecule has 1 heterocycles. The van der Waals surface area contributed by atoms with E-state index in [1.165, 1.54) is 18.3 Å². The van der Waals surface area contributed by atoms with Gasteiger partial charge in [0.25, 0.3) is 0 Å². The van der Waals surface area contributed by atoms with Gasteiger partial charge in [-0.2, -0.15) is 0 Å². The fraction of sp³-hybridized carbons (Fsp3) is 0.125. The van der Waals surface area contributed by atoms with Gasteiger partial charge in [-0.15, -0.1) is 0 Å². The molecule has 0 amide bonds. The lowest BCUT2D eigenvalue weighted by Crippen LogP contribution is -2.07. The second kappa shape index (κ2) is 9.06. The molecule has 0 fully saturated rings. The first-order chi connectivity index (χ1) is 15.4. The second-order valence-electron chi connectivity index (χ2n) is 6.92. The maximum absolute atomic E-state index is 13.5. The minimum atomic E-state index is -3.88. The number of methoxy groups -OCH3 is 1. The third kappa shape index (κ3) is 4.35. The van der Waals surface area contributed by atoms with Gasteiger partial charge in [0, 0.05) is 22.3 Å². The van der Waals surface area contributed by atoms with Gasteiger partial charge in [-0.3, -0.25) is 4.98 Å². The standard InChI is InChI=1S/C24H21ClN2O4S/c1-3-31-18-8-6-17(7-9-18)27-24-21-14-19(30-2)10-13-22(21)26-15-23(24)32(28,29)20-11-4-16(25)5-12-20/h4-15H,3H2,1-2H3,(H,26,27). The van der Waals surface area contributed by atoms with Crippen LogP contribution in [0.25, 0.3) is 10.9 Å². The number of halogens is 1. The molecular formula is C24H21ClN2O4S. The van der Waals surface area contributed by atoms with Crippen LogP contribution in [-0.2, 0) is 9.84 Å². The van der Waals surface area contributed by atoms with Crippen molar-refractivity contribution in [2.45, 2.75) is 16.7 Å². The molecule has 0 spiro atoms. The Morgan fingerprint density at radius 3 is 2.31 bits per heavy atom. The average molecular weight is 469 g/mol. The number of nitrogens with one attached hydrogen (secondary N) is 1. The number of pyridine rings is 1. The zero-order valence-electron chi connectivity index (χ0n) is 17.5. The summed E-state index contributed by atoms with van der Waals surface area (Å²) in [4.78, 5) is 4.56. The fourth-order valence-electron chi connectivity index (χ4n) is 3.30. The minimum Gasteiger partial charge on any atom is -0.497 e. The first kappa shape index (κ1) is 21.9. The van der Waals surface area contributed by atoms with Gasteiger partial charge in [-0.25, -0.2) is 8.42 Å². The average Bonchev–Trinajstić information content (AvgIpc) is 2.80. The number of hydrogen-bond donors (Lipinski definition) is 1. The Kier molecular flexibility index (Phi) is 6.21. The number of aromatic nitrogens is 1. The SMILES string of the molecule is CCOc1ccc(Nc2c(S(=O)(=O)c3ccc(Cl)cc3)cnc3ccc(OC)cc23)cc1. The van der Waals surface area contributed by atoms with E-state index in [4.69, 9.17) is 21.1 Å². The Bertz CT molecular complexity index is 1360. The van der Waals surface area contributed by atoms with Gasteiger partial charge in [0.1, 0.15) is 16.4 Å². The third-order valence-electron chi connectivity index (χ3n) is 4.89. The van der Waals surface area contributed by atoms with Crippen molar-refractivity contribution in [3.05, 3.63) is 77.9 Å². The smallest absolute Gasteiger partial charge is 0.210 e.